The maximum atomic E-state index is 13.2. The van der Waals surface area contributed by atoms with E-state index in [1.165, 1.54) is 6.07 Å². The molecule has 246 valence electrons. The van der Waals surface area contributed by atoms with Gasteiger partial charge in [0, 0.05) is 61.3 Å². The van der Waals surface area contributed by atoms with Crippen molar-refractivity contribution in [1.82, 2.24) is 30.0 Å². The van der Waals surface area contributed by atoms with Gasteiger partial charge in [-0.15, -0.1) is 0 Å². The van der Waals surface area contributed by atoms with E-state index in [-0.39, 0.29) is 29.5 Å². The number of carbonyl (C=O) groups is 3. The van der Waals surface area contributed by atoms with Gasteiger partial charge in [0.2, 0.25) is 11.8 Å². The lowest BCUT2D eigenvalue weighted by molar-refractivity contribution is -0.141. The first-order chi connectivity index (χ1) is 22.2. The number of piperidine rings is 2. The summed E-state index contributed by atoms with van der Waals surface area (Å²) >= 11 is 0. The summed E-state index contributed by atoms with van der Waals surface area (Å²) in [4.78, 5) is 47.0. The van der Waals surface area contributed by atoms with Crippen LogP contribution < -0.4 is 10.6 Å². The predicted octanol–water partition coefficient (Wildman–Crippen LogP) is 4.68. The Bertz CT molecular complexity index is 1840. The number of nitrogens with zero attached hydrogens (tertiary/aromatic N) is 5. The van der Waals surface area contributed by atoms with Crippen LogP contribution in [-0.4, -0.2) is 60.6 Å². The zero-order valence-electron chi connectivity index (χ0n) is 25.8. The van der Waals surface area contributed by atoms with Gasteiger partial charge < -0.3 is 10.4 Å². The molecular weight excluding hydrogens is 615 g/mol. The summed E-state index contributed by atoms with van der Waals surface area (Å²) in [5, 5.41) is 21.4. The number of fused-ring (bicyclic) bond motifs is 1. The zero-order chi connectivity index (χ0) is 33.5. The maximum Gasteiger partial charge on any atom is 0.433 e. The molecule has 0 bridgehead atoms. The van der Waals surface area contributed by atoms with E-state index in [4.69, 9.17) is 5.10 Å². The predicted molar refractivity (Wildman–Crippen MR) is 165 cm³/mol. The van der Waals surface area contributed by atoms with E-state index in [2.05, 4.69) is 25.5 Å². The van der Waals surface area contributed by atoms with Crippen LogP contribution in [-0.2, 0) is 27.9 Å². The fraction of sp³-hybridized carbons (Fsp3) is 0.394. The third-order valence-electron chi connectivity index (χ3n) is 8.64. The number of alkyl halides is 3. The van der Waals surface area contributed by atoms with E-state index in [1.807, 2.05) is 16.9 Å². The standard InChI is InChI=1S/C33H34F3N7O4/c1-32(2,47)24-14-26-21(13-27(24)39-31(46)25-4-3-5-28(38-25)33(34,35)36)18-43(41-26)22-8-10-42(11-9-22)17-19-12-20(16-37-15-19)23-6-7-29(44)40-30(23)45/h3-5,12-16,18,22-23,47H,6-11,17H2,1-2H3,(H,39,46)(H,40,44,45). The SMILES string of the molecule is CC(C)(O)c1cc2nn(C3CCN(Cc4cncc(C5CCC(=O)NC5=O)c4)CC3)cc2cc1NC(=O)c1cccc(C(F)(F)F)n1. The molecule has 2 fully saturated rings. The lowest BCUT2D eigenvalue weighted by atomic mass is 9.91. The molecule has 2 aliphatic rings. The second-order valence-electron chi connectivity index (χ2n) is 12.6. The highest BCUT2D eigenvalue weighted by Crippen LogP contribution is 2.34. The molecule has 3 aromatic heterocycles. The highest BCUT2D eigenvalue weighted by atomic mass is 19.4. The van der Waals surface area contributed by atoms with Gasteiger partial charge in [-0.05, 0) is 68.5 Å². The van der Waals surface area contributed by atoms with E-state index in [0.29, 0.717) is 35.9 Å². The number of anilines is 1. The number of amides is 3. The number of pyridine rings is 2. The Morgan fingerprint density at radius 2 is 1.85 bits per heavy atom. The van der Waals surface area contributed by atoms with E-state index < -0.39 is 29.1 Å². The smallest absolute Gasteiger partial charge is 0.386 e. The molecule has 2 aliphatic heterocycles. The lowest BCUT2D eigenvalue weighted by Crippen LogP contribution is -2.39. The molecule has 14 heteroatoms. The third kappa shape index (κ3) is 7.18. The van der Waals surface area contributed by atoms with Crippen LogP contribution in [0.2, 0.25) is 0 Å². The van der Waals surface area contributed by atoms with Crippen molar-refractivity contribution < 1.29 is 32.7 Å². The molecule has 1 atom stereocenters. The highest BCUT2D eigenvalue weighted by Gasteiger charge is 2.33. The number of hydrogen-bond donors (Lipinski definition) is 3. The van der Waals surface area contributed by atoms with E-state index in [1.54, 1.807) is 38.4 Å². The highest BCUT2D eigenvalue weighted by molar-refractivity contribution is 6.04. The third-order valence-corrected chi connectivity index (χ3v) is 8.64. The van der Waals surface area contributed by atoms with Gasteiger partial charge in [-0.3, -0.25) is 34.3 Å². The fourth-order valence-electron chi connectivity index (χ4n) is 6.19. The van der Waals surface area contributed by atoms with E-state index in [9.17, 15) is 32.7 Å². The lowest BCUT2D eigenvalue weighted by Gasteiger charge is -2.32. The number of likely N-dealkylation sites (tertiary alicyclic amines) is 1. The first-order valence-corrected chi connectivity index (χ1v) is 15.4. The van der Waals surface area contributed by atoms with Gasteiger partial charge in [-0.25, -0.2) is 4.98 Å². The van der Waals surface area contributed by atoms with Crippen LogP contribution in [0.25, 0.3) is 10.9 Å². The monoisotopic (exact) mass is 649 g/mol. The Balaban J connectivity index is 1.15. The molecule has 3 amide bonds. The molecule has 3 N–H and O–H groups in total. The number of carbonyl (C=O) groups excluding carboxylic acids is 3. The summed E-state index contributed by atoms with van der Waals surface area (Å²) < 4.78 is 41.4. The van der Waals surface area contributed by atoms with Gasteiger partial charge in [0.15, 0.2) is 0 Å². The fourth-order valence-corrected chi connectivity index (χ4v) is 6.19. The van der Waals surface area contributed by atoms with Crippen molar-refractivity contribution in [1.29, 1.82) is 0 Å². The summed E-state index contributed by atoms with van der Waals surface area (Å²) in [6.45, 7) is 5.36. The first kappa shape index (κ1) is 32.3. The maximum absolute atomic E-state index is 13.2. The second kappa shape index (κ2) is 12.5. The van der Waals surface area contributed by atoms with Crippen LogP contribution in [0, 0.1) is 0 Å². The Morgan fingerprint density at radius 3 is 2.55 bits per heavy atom. The Labute approximate surface area is 268 Å². The average Bonchev–Trinajstić information content (AvgIpc) is 3.43. The Kier molecular flexibility index (Phi) is 8.57. The summed E-state index contributed by atoms with van der Waals surface area (Å²) in [5.74, 6) is -1.76. The molecule has 1 unspecified atom stereocenters. The normalized spacial score (nSPS) is 18.4. The van der Waals surface area contributed by atoms with E-state index >= 15 is 0 Å². The summed E-state index contributed by atoms with van der Waals surface area (Å²) in [7, 11) is 0. The molecule has 0 radical (unpaired) electrons. The van der Waals surface area contributed by atoms with Crippen LogP contribution in [0.5, 0.6) is 0 Å². The Morgan fingerprint density at radius 1 is 1.09 bits per heavy atom. The summed E-state index contributed by atoms with van der Waals surface area (Å²) in [6, 6.07) is 8.54. The van der Waals surface area contributed by atoms with E-state index in [0.717, 1.165) is 49.2 Å². The number of benzene rings is 1. The minimum atomic E-state index is -4.70. The first-order valence-electron chi connectivity index (χ1n) is 15.4. The van der Waals surface area contributed by atoms with Crippen molar-refractivity contribution >= 4 is 34.3 Å². The topological polar surface area (TPSA) is 142 Å². The van der Waals surface area contributed by atoms with Crippen LogP contribution in [0.1, 0.15) is 84.4 Å². The van der Waals surface area contributed by atoms with Gasteiger partial charge in [0.1, 0.15) is 11.4 Å². The van der Waals surface area contributed by atoms with Crippen molar-refractivity contribution in [2.75, 3.05) is 18.4 Å². The van der Waals surface area contributed by atoms with Crippen molar-refractivity contribution in [3.63, 3.8) is 0 Å². The molecule has 2 saturated heterocycles. The van der Waals surface area contributed by atoms with Gasteiger partial charge in [0.25, 0.3) is 5.91 Å². The number of aromatic nitrogens is 4. The summed E-state index contributed by atoms with van der Waals surface area (Å²) in [6.07, 6.45) is 3.06. The van der Waals surface area contributed by atoms with Crippen LogP contribution in [0.3, 0.4) is 0 Å². The number of hydrogen-bond acceptors (Lipinski definition) is 8. The largest absolute Gasteiger partial charge is 0.433 e. The molecule has 0 aliphatic carbocycles. The number of aliphatic hydroxyl groups is 1. The number of rotatable bonds is 7. The summed E-state index contributed by atoms with van der Waals surface area (Å²) in [5.41, 5.74) is 0.0431. The minimum Gasteiger partial charge on any atom is -0.386 e. The van der Waals surface area contributed by atoms with Gasteiger partial charge in [0.05, 0.1) is 23.1 Å². The number of halogens is 3. The van der Waals surface area contributed by atoms with Crippen LogP contribution >= 0.6 is 0 Å². The average molecular weight is 650 g/mol. The molecule has 1 aromatic carbocycles. The molecular formula is C33H34F3N7O4. The van der Waals surface area contributed by atoms with Gasteiger partial charge in [-0.2, -0.15) is 18.3 Å². The zero-order valence-corrected chi connectivity index (χ0v) is 25.8. The molecule has 5 heterocycles. The minimum absolute atomic E-state index is 0.101. The molecule has 11 nitrogen and oxygen atoms in total. The second-order valence-corrected chi connectivity index (χ2v) is 12.6. The van der Waals surface area contributed by atoms with Gasteiger partial charge >= 0.3 is 6.18 Å². The van der Waals surface area contributed by atoms with Crippen molar-refractivity contribution in [3.05, 3.63) is 83.1 Å². The Hall–Kier alpha value is -4.69. The van der Waals surface area contributed by atoms with Crippen molar-refractivity contribution in [3.8, 4) is 0 Å². The molecule has 6 rings (SSSR count). The quantitative estimate of drug-likeness (QED) is 0.245. The molecule has 0 spiro atoms. The van der Waals surface area contributed by atoms with Crippen molar-refractivity contribution in [2.45, 2.75) is 69.8 Å². The number of imide groups is 1. The molecule has 47 heavy (non-hydrogen) atoms. The number of nitrogens with one attached hydrogen (secondary N) is 2. The van der Waals surface area contributed by atoms with Crippen molar-refractivity contribution in [2.24, 2.45) is 0 Å². The van der Waals surface area contributed by atoms with Gasteiger partial charge in [-0.1, -0.05) is 12.1 Å². The molecule has 0 saturated carbocycles. The van der Waals surface area contributed by atoms with Crippen LogP contribution in [0.4, 0.5) is 18.9 Å². The van der Waals surface area contributed by atoms with Crippen LogP contribution in [0.15, 0.2) is 55.0 Å². The molecule has 4 aromatic rings.